The van der Waals surface area contributed by atoms with Gasteiger partial charge in [-0.25, -0.2) is 4.98 Å². The molecule has 0 aromatic carbocycles. The number of amides is 3. The molecule has 2 fully saturated rings. The molecule has 1 aromatic rings. The molecule has 0 radical (unpaired) electrons. The molecule has 1 aromatic heterocycles. The molecule has 9 nitrogen and oxygen atoms in total. The van der Waals surface area contributed by atoms with Gasteiger partial charge in [0.15, 0.2) is 0 Å². The standard InChI is InChI=1S/C26H38N4O5S/c1-18(31)28-20(8-9-21(32)35-25(2,3)4)24(34)30-16-12-26(17-30)10-14-29(15-11-26)23(33)19-7-6-13-27-22(19)36-5/h6-7,13,20H,8-12,14-17H2,1-5H3,(H,28,31). The number of carbonyl (C=O) groups is 4. The van der Waals surface area contributed by atoms with Crippen molar-refractivity contribution in [1.82, 2.24) is 20.1 Å². The van der Waals surface area contributed by atoms with Crippen LogP contribution in [0, 0.1) is 5.41 Å². The first-order valence-corrected chi connectivity index (χ1v) is 13.7. The second-order valence-electron chi connectivity index (χ2n) is 10.7. The molecule has 2 aliphatic rings. The number of rotatable bonds is 7. The molecule has 0 aliphatic carbocycles. The van der Waals surface area contributed by atoms with Crippen molar-refractivity contribution < 1.29 is 23.9 Å². The van der Waals surface area contributed by atoms with Crippen molar-refractivity contribution >= 4 is 35.5 Å². The first-order valence-electron chi connectivity index (χ1n) is 12.5. The maximum atomic E-state index is 13.3. The second-order valence-corrected chi connectivity index (χ2v) is 11.5. The molecule has 3 heterocycles. The number of pyridine rings is 1. The minimum atomic E-state index is -0.762. The van der Waals surface area contributed by atoms with Crippen molar-refractivity contribution in [3.05, 3.63) is 23.9 Å². The second kappa shape index (κ2) is 11.6. The van der Waals surface area contributed by atoms with Crippen molar-refractivity contribution in [2.75, 3.05) is 32.4 Å². The van der Waals surface area contributed by atoms with Crippen LogP contribution in [0.3, 0.4) is 0 Å². The molecular formula is C26H38N4O5S. The van der Waals surface area contributed by atoms with Crippen molar-refractivity contribution in [1.29, 1.82) is 0 Å². The molecule has 1 atom stereocenters. The van der Waals surface area contributed by atoms with Crippen LogP contribution in [0.4, 0.5) is 0 Å². The third-order valence-electron chi connectivity index (χ3n) is 6.79. The summed E-state index contributed by atoms with van der Waals surface area (Å²) in [6.07, 6.45) is 6.36. The van der Waals surface area contributed by atoms with Crippen LogP contribution >= 0.6 is 11.8 Å². The van der Waals surface area contributed by atoms with E-state index in [-0.39, 0.29) is 41.9 Å². The van der Waals surface area contributed by atoms with Gasteiger partial charge in [0.1, 0.15) is 16.7 Å². The van der Waals surface area contributed by atoms with Gasteiger partial charge < -0.3 is 19.9 Å². The summed E-state index contributed by atoms with van der Waals surface area (Å²) >= 11 is 1.46. The molecule has 198 valence electrons. The highest BCUT2D eigenvalue weighted by Crippen LogP contribution is 2.41. The molecular weight excluding hydrogens is 480 g/mol. The van der Waals surface area contributed by atoms with Crippen molar-refractivity contribution in [2.24, 2.45) is 5.41 Å². The highest BCUT2D eigenvalue weighted by molar-refractivity contribution is 7.98. The van der Waals surface area contributed by atoms with Gasteiger partial charge in [0.25, 0.3) is 5.91 Å². The number of carbonyl (C=O) groups excluding carboxylic acids is 4. The van der Waals surface area contributed by atoms with Gasteiger partial charge >= 0.3 is 5.97 Å². The first kappa shape index (κ1) is 28.0. The van der Waals surface area contributed by atoms with E-state index in [4.69, 9.17) is 4.74 Å². The minimum absolute atomic E-state index is 0.00101. The Labute approximate surface area is 217 Å². The molecule has 10 heteroatoms. The quantitative estimate of drug-likeness (QED) is 0.437. The predicted molar refractivity (Wildman–Crippen MR) is 137 cm³/mol. The molecule has 1 N–H and O–H groups in total. The monoisotopic (exact) mass is 518 g/mol. The Morgan fingerprint density at radius 3 is 2.36 bits per heavy atom. The average Bonchev–Trinajstić information content (AvgIpc) is 3.23. The van der Waals surface area contributed by atoms with Crippen molar-refractivity contribution in [2.45, 2.75) is 76.5 Å². The van der Waals surface area contributed by atoms with Gasteiger partial charge in [0, 0.05) is 45.7 Å². The molecule has 1 spiro atoms. The fraction of sp³-hybridized carbons (Fsp3) is 0.654. The maximum Gasteiger partial charge on any atom is 0.306 e. The van der Waals surface area contributed by atoms with Gasteiger partial charge in [-0.3, -0.25) is 19.2 Å². The van der Waals surface area contributed by atoms with Crippen molar-refractivity contribution in [3.8, 4) is 0 Å². The molecule has 2 saturated heterocycles. The summed E-state index contributed by atoms with van der Waals surface area (Å²) < 4.78 is 5.35. The number of ether oxygens (including phenoxy) is 1. The zero-order valence-electron chi connectivity index (χ0n) is 22.0. The Bertz CT molecular complexity index is 985. The topological polar surface area (TPSA) is 109 Å². The number of esters is 1. The fourth-order valence-electron chi connectivity index (χ4n) is 4.98. The van der Waals surface area contributed by atoms with Crippen LogP contribution in [0.2, 0.25) is 0 Å². The number of likely N-dealkylation sites (tertiary alicyclic amines) is 2. The summed E-state index contributed by atoms with van der Waals surface area (Å²) in [5, 5.41) is 3.45. The van der Waals surface area contributed by atoms with Crippen LogP contribution in [-0.4, -0.2) is 82.6 Å². The lowest BCUT2D eigenvalue weighted by Gasteiger charge is -2.39. The summed E-state index contributed by atoms with van der Waals surface area (Å²) in [4.78, 5) is 58.3. The third-order valence-corrected chi connectivity index (χ3v) is 7.50. The fourth-order valence-corrected chi connectivity index (χ4v) is 5.52. The minimum Gasteiger partial charge on any atom is -0.460 e. The number of nitrogens with zero attached hydrogens (tertiary/aromatic N) is 3. The number of hydrogen-bond donors (Lipinski definition) is 1. The van der Waals surface area contributed by atoms with E-state index >= 15 is 0 Å². The Morgan fingerprint density at radius 1 is 1.14 bits per heavy atom. The maximum absolute atomic E-state index is 13.3. The number of nitrogens with one attached hydrogen (secondary N) is 1. The largest absolute Gasteiger partial charge is 0.460 e. The van der Waals surface area contributed by atoms with E-state index in [9.17, 15) is 19.2 Å². The normalized spacial score (nSPS) is 18.1. The molecule has 36 heavy (non-hydrogen) atoms. The van der Waals surface area contributed by atoms with Crippen LogP contribution in [0.5, 0.6) is 0 Å². The third kappa shape index (κ3) is 7.21. The highest BCUT2D eigenvalue weighted by Gasteiger charge is 2.44. The van der Waals surface area contributed by atoms with Crippen LogP contribution in [-0.2, 0) is 19.1 Å². The van der Waals surface area contributed by atoms with Gasteiger partial charge in [-0.05, 0) is 70.3 Å². The van der Waals surface area contributed by atoms with Crippen LogP contribution < -0.4 is 5.32 Å². The molecule has 0 bridgehead atoms. The lowest BCUT2D eigenvalue weighted by Crippen LogP contribution is -2.49. The number of aromatic nitrogens is 1. The van der Waals surface area contributed by atoms with Gasteiger partial charge in [0.2, 0.25) is 11.8 Å². The Hall–Kier alpha value is -2.62. The molecule has 0 saturated carbocycles. The number of hydrogen-bond acceptors (Lipinski definition) is 7. The summed E-state index contributed by atoms with van der Waals surface area (Å²) in [5.74, 6) is -0.859. The Kier molecular flexibility index (Phi) is 9.03. The van der Waals surface area contributed by atoms with Gasteiger partial charge in [-0.15, -0.1) is 11.8 Å². The Balaban J connectivity index is 1.58. The molecule has 2 aliphatic heterocycles. The summed E-state index contributed by atoms with van der Waals surface area (Å²) in [6, 6.07) is 2.84. The Morgan fingerprint density at radius 2 is 1.78 bits per heavy atom. The van der Waals surface area contributed by atoms with E-state index in [0.717, 1.165) is 24.3 Å². The van der Waals surface area contributed by atoms with E-state index in [2.05, 4.69) is 10.3 Å². The van der Waals surface area contributed by atoms with E-state index in [0.29, 0.717) is 31.7 Å². The highest BCUT2D eigenvalue weighted by atomic mass is 32.2. The lowest BCUT2D eigenvalue weighted by molar-refractivity contribution is -0.155. The SMILES string of the molecule is CSc1ncccc1C(=O)N1CCC2(CC1)CCN(C(=O)C(CCC(=O)OC(C)(C)C)NC(C)=O)C2. The summed E-state index contributed by atoms with van der Waals surface area (Å²) in [5.41, 5.74) is -0.00137. The lowest BCUT2D eigenvalue weighted by atomic mass is 9.77. The first-order chi connectivity index (χ1) is 16.9. The van der Waals surface area contributed by atoms with Crippen molar-refractivity contribution in [3.63, 3.8) is 0 Å². The van der Waals surface area contributed by atoms with Crippen LogP contribution in [0.1, 0.15) is 70.2 Å². The number of piperidine rings is 1. The summed E-state index contributed by atoms with van der Waals surface area (Å²) in [7, 11) is 0. The average molecular weight is 519 g/mol. The van der Waals surface area contributed by atoms with Gasteiger partial charge in [0.05, 0.1) is 5.56 Å². The van der Waals surface area contributed by atoms with Gasteiger partial charge in [-0.2, -0.15) is 0 Å². The smallest absolute Gasteiger partial charge is 0.306 e. The van der Waals surface area contributed by atoms with E-state index < -0.39 is 11.6 Å². The summed E-state index contributed by atoms with van der Waals surface area (Å²) in [6.45, 7) is 9.23. The molecule has 3 amide bonds. The van der Waals surface area contributed by atoms with E-state index in [1.54, 1.807) is 37.9 Å². The van der Waals surface area contributed by atoms with Crippen LogP contribution in [0.25, 0.3) is 0 Å². The number of thioether (sulfide) groups is 1. The van der Waals surface area contributed by atoms with E-state index in [1.165, 1.54) is 18.7 Å². The predicted octanol–water partition coefficient (Wildman–Crippen LogP) is 2.88. The van der Waals surface area contributed by atoms with Gasteiger partial charge in [-0.1, -0.05) is 0 Å². The van der Waals surface area contributed by atoms with Crippen LogP contribution in [0.15, 0.2) is 23.4 Å². The molecule has 3 rings (SSSR count). The zero-order chi connectivity index (χ0) is 26.5. The van der Waals surface area contributed by atoms with E-state index in [1.807, 2.05) is 17.2 Å². The molecule has 1 unspecified atom stereocenters. The zero-order valence-corrected chi connectivity index (χ0v) is 22.8.